The van der Waals surface area contributed by atoms with Crippen LogP contribution >= 0.6 is 0 Å². The van der Waals surface area contributed by atoms with Gasteiger partial charge in [-0.25, -0.2) is 0 Å². The van der Waals surface area contributed by atoms with Crippen molar-refractivity contribution in [3.8, 4) is 0 Å². The van der Waals surface area contributed by atoms with Gasteiger partial charge in [0.25, 0.3) is 5.97 Å². The van der Waals surface area contributed by atoms with Gasteiger partial charge in [0.2, 0.25) is 0 Å². The van der Waals surface area contributed by atoms with Crippen LogP contribution in [0.25, 0.3) is 0 Å². The monoisotopic (exact) mass is 294 g/mol. The Morgan fingerprint density at radius 1 is 1.32 bits per heavy atom. The second kappa shape index (κ2) is 5.40. The third kappa shape index (κ3) is 3.75. The Labute approximate surface area is 115 Å². The summed E-state index contributed by atoms with van der Waals surface area (Å²) in [4.78, 5) is 0. The quantitative estimate of drug-likeness (QED) is 0.437. The van der Waals surface area contributed by atoms with Crippen molar-refractivity contribution in [3.63, 3.8) is 0 Å². The van der Waals surface area contributed by atoms with Crippen molar-refractivity contribution in [3.05, 3.63) is 0 Å². The molecule has 0 aliphatic carbocycles. The maximum absolute atomic E-state index is 10.4. The third-order valence-corrected chi connectivity index (χ3v) is 8.42. The highest BCUT2D eigenvalue weighted by Gasteiger charge is 2.51. The molecule has 4 N–H and O–H groups in total. The summed E-state index contributed by atoms with van der Waals surface area (Å²) in [5, 5.41) is 38.7. The number of ether oxygens (including phenoxy) is 1. The molecule has 1 aliphatic rings. The molecule has 0 amide bonds. The van der Waals surface area contributed by atoms with Crippen LogP contribution in [0.5, 0.6) is 0 Å². The smallest absolute Gasteiger partial charge is 0.274 e. The lowest BCUT2D eigenvalue weighted by Gasteiger charge is -2.47. The lowest BCUT2D eigenvalue weighted by Crippen LogP contribution is -2.61. The van der Waals surface area contributed by atoms with Crippen LogP contribution in [0, 0.1) is 0 Å². The molecule has 0 saturated carbocycles. The summed E-state index contributed by atoms with van der Waals surface area (Å²) in [5.74, 6) is -1.96. The van der Waals surface area contributed by atoms with E-state index in [1.54, 1.807) is 0 Å². The van der Waals surface area contributed by atoms with Crippen LogP contribution in [0.3, 0.4) is 0 Å². The van der Waals surface area contributed by atoms with Crippen LogP contribution in [0.4, 0.5) is 0 Å². The van der Waals surface area contributed by atoms with Crippen molar-refractivity contribution in [1.82, 2.24) is 0 Å². The highest BCUT2D eigenvalue weighted by molar-refractivity contribution is 6.74. The van der Waals surface area contributed by atoms with Crippen LogP contribution in [0.15, 0.2) is 0 Å². The predicted molar refractivity (Wildman–Crippen MR) is 71.8 cm³/mol. The molecular weight excluding hydrogens is 268 g/mol. The number of hydrogen-bond donors (Lipinski definition) is 4. The van der Waals surface area contributed by atoms with E-state index in [0.717, 1.165) is 0 Å². The average molecular weight is 294 g/mol. The van der Waals surface area contributed by atoms with E-state index in [2.05, 4.69) is 0 Å². The highest BCUT2D eigenvalue weighted by atomic mass is 28.4. The van der Waals surface area contributed by atoms with Crippen molar-refractivity contribution >= 4 is 8.32 Å². The summed E-state index contributed by atoms with van der Waals surface area (Å²) >= 11 is 0. The van der Waals surface area contributed by atoms with Crippen LogP contribution in [0.1, 0.15) is 27.2 Å². The van der Waals surface area contributed by atoms with Crippen LogP contribution < -0.4 is 0 Å². The Balaban J connectivity index is 2.87. The SMILES string of the molecule is CC(C)(C)[Si](C)(C)OC1(O)C[C@H](O)[C@@H](O)[C@H](CO)O1. The number of aliphatic hydroxyl groups excluding tert-OH is 3. The minimum atomic E-state index is -2.31. The molecule has 19 heavy (non-hydrogen) atoms. The summed E-state index contributed by atoms with van der Waals surface area (Å²) in [6.07, 6.45) is -3.72. The van der Waals surface area contributed by atoms with E-state index in [9.17, 15) is 15.3 Å². The second-order valence-corrected chi connectivity index (χ2v) is 11.4. The van der Waals surface area contributed by atoms with E-state index < -0.39 is 39.2 Å². The van der Waals surface area contributed by atoms with Gasteiger partial charge in [-0.3, -0.25) is 0 Å². The molecule has 1 unspecified atom stereocenters. The molecule has 6 nitrogen and oxygen atoms in total. The first kappa shape index (κ1) is 17.0. The first-order chi connectivity index (χ1) is 8.42. The topological polar surface area (TPSA) is 99.4 Å². The first-order valence-corrected chi connectivity index (χ1v) is 9.40. The molecule has 1 fully saturated rings. The lowest BCUT2D eigenvalue weighted by molar-refractivity contribution is -0.390. The van der Waals surface area contributed by atoms with Crippen LogP contribution in [0.2, 0.25) is 18.1 Å². The zero-order chi connectivity index (χ0) is 15.1. The molecule has 4 atom stereocenters. The van der Waals surface area contributed by atoms with E-state index >= 15 is 0 Å². The van der Waals surface area contributed by atoms with Crippen LogP contribution in [-0.4, -0.2) is 59.6 Å². The molecule has 0 radical (unpaired) electrons. The van der Waals surface area contributed by atoms with E-state index in [1.807, 2.05) is 33.9 Å². The van der Waals surface area contributed by atoms with Gasteiger partial charge in [0.05, 0.1) is 19.1 Å². The Morgan fingerprint density at radius 2 is 1.84 bits per heavy atom. The predicted octanol–water partition coefficient (Wildman–Crippen LogP) is 0.157. The molecule has 1 heterocycles. The summed E-state index contributed by atoms with van der Waals surface area (Å²) in [6.45, 7) is 9.43. The van der Waals surface area contributed by atoms with Crippen molar-refractivity contribution < 1.29 is 29.6 Å². The van der Waals surface area contributed by atoms with Gasteiger partial charge < -0.3 is 29.6 Å². The number of hydrogen-bond acceptors (Lipinski definition) is 6. The largest absolute Gasteiger partial charge is 0.394 e. The van der Waals surface area contributed by atoms with Gasteiger partial charge >= 0.3 is 0 Å². The minimum Gasteiger partial charge on any atom is -0.394 e. The second-order valence-electron chi connectivity index (χ2n) is 6.68. The Kier molecular flexibility index (Phi) is 4.84. The average Bonchev–Trinajstić information content (AvgIpc) is 2.20. The Morgan fingerprint density at radius 3 is 2.26 bits per heavy atom. The summed E-state index contributed by atoms with van der Waals surface area (Å²) in [7, 11) is -2.31. The van der Waals surface area contributed by atoms with Crippen molar-refractivity contribution in [2.24, 2.45) is 0 Å². The summed E-state index contributed by atoms with van der Waals surface area (Å²) in [6, 6.07) is 0. The van der Waals surface area contributed by atoms with Gasteiger partial charge in [-0.2, -0.15) is 0 Å². The van der Waals surface area contributed by atoms with Gasteiger partial charge in [-0.05, 0) is 18.1 Å². The van der Waals surface area contributed by atoms with Crippen LogP contribution in [-0.2, 0) is 9.16 Å². The molecule has 0 aromatic rings. The van der Waals surface area contributed by atoms with E-state index in [-0.39, 0.29) is 11.5 Å². The molecular formula is C12H26O6Si. The number of aliphatic hydroxyl groups is 4. The molecule has 0 aromatic heterocycles. The zero-order valence-corrected chi connectivity index (χ0v) is 13.3. The molecule has 0 aromatic carbocycles. The molecule has 1 aliphatic heterocycles. The van der Waals surface area contributed by atoms with Crippen molar-refractivity contribution in [2.45, 2.75) is 69.6 Å². The Hall–Kier alpha value is -0.0231. The van der Waals surface area contributed by atoms with Gasteiger partial charge in [0.15, 0.2) is 8.32 Å². The van der Waals surface area contributed by atoms with E-state index in [0.29, 0.717) is 0 Å². The van der Waals surface area contributed by atoms with Gasteiger partial charge in [0.1, 0.15) is 12.2 Å². The maximum atomic E-state index is 10.4. The first-order valence-electron chi connectivity index (χ1n) is 6.49. The van der Waals surface area contributed by atoms with Gasteiger partial charge in [-0.15, -0.1) is 0 Å². The molecule has 7 heteroatoms. The number of rotatable bonds is 3. The normalized spacial score (nSPS) is 37.4. The fourth-order valence-electron chi connectivity index (χ4n) is 1.75. The van der Waals surface area contributed by atoms with E-state index in [1.165, 1.54) is 0 Å². The molecule has 0 spiro atoms. The molecule has 1 rings (SSSR count). The minimum absolute atomic E-state index is 0.137. The standard InChI is InChI=1S/C12H26O6Si/c1-11(2,3)19(4,5)18-12(16)6-8(14)10(15)9(7-13)17-12/h8-10,13-16H,6-7H2,1-5H3/t8-,9-,10+,12?/m0/s1. The van der Waals surface area contributed by atoms with Crippen molar-refractivity contribution in [2.75, 3.05) is 6.61 Å². The zero-order valence-electron chi connectivity index (χ0n) is 12.3. The molecule has 1 saturated heterocycles. The van der Waals surface area contributed by atoms with Crippen molar-refractivity contribution in [1.29, 1.82) is 0 Å². The molecule has 0 bridgehead atoms. The van der Waals surface area contributed by atoms with Gasteiger partial charge in [-0.1, -0.05) is 20.8 Å². The summed E-state index contributed by atoms with van der Waals surface area (Å²) < 4.78 is 11.0. The lowest BCUT2D eigenvalue weighted by atomic mass is 10.0. The van der Waals surface area contributed by atoms with E-state index in [4.69, 9.17) is 14.3 Å². The third-order valence-electron chi connectivity index (χ3n) is 3.98. The fourth-order valence-corrected chi connectivity index (χ4v) is 2.98. The Bertz CT molecular complexity index is 316. The van der Waals surface area contributed by atoms with Gasteiger partial charge in [0, 0.05) is 0 Å². The maximum Gasteiger partial charge on any atom is 0.274 e. The fraction of sp³-hybridized carbons (Fsp3) is 1.00. The summed E-state index contributed by atoms with van der Waals surface area (Å²) in [5.41, 5.74) is 0. The molecule has 114 valence electrons. The highest BCUT2D eigenvalue weighted by Crippen LogP contribution is 2.41.